The maximum Gasteiger partial charge on any atom is 0.0623 e. The van der Waals surface area contributed by atoms with Crippen LogP contribution in [0.3, 0.4) is 0 Å². The van der Waals surface area contributed by atoms with Crippen LogP contribution in [-0.4, -0.2) is 72.9 Å². The van der Waals surface area contributed by atoms with Crippen molar-refractivity contribution in [2.24, 2.45) is 0 Å². The number of hydrogen-bond acceptors (Lipinski definition) is 4. The zero-order chi connectivity index (χ0) is 13.6. The van der Waals surface area contributed by atoms with Gasteiger partial charge in [-0.3, -0.25) is 4.90 Å². The van der Waals surface area contributed by atoms with Crippen LogP contribution in [0.4, 0.5) is 0 Å². The SMILES string of the molecule is CCNC(C)(CO)CN(C)CC1CCCN1CC. The molecule has 0 amide bonds. The van der Waals surface area contributed by atoms with Crippen molar-refractivity contribution in [3.8, 4) is 0 Å². The van der Waals surface area contributed by atoms with Crippen molar-refractivity contribution < 1.29 is 5.11 Å². The molecule has 4 heteroatoms. The molecule has 1 heterocycles. The second-order valence-corrected chi connectivity index (χ2v) is 5.87. The van der Waals surface area contributed by atoms with Gasteiger partial charge in [0.2, 0.25) is 0 Å². The van der Waals surface area contributed by atoms with Crippen LogP contribution in [0.15, 0.2) is 0 Å². The summed E-state index contributed by atoms with van der Waals surface area (Å²) >= 11 is 0. The number of nitrogens with one attached hydrogen (secondary N) is 1. The first-order valence-electron chi connectivity index (χ1n) is 7.33. The van der Waals surface area contributed by atoms with Gasteiger partial charge in [-0.2, -0.15) is 0 Å². The highest BCUT2D eigenvalue weighted by molar-refractivity contribution is 4.87. The topological polar surface area (TPSA) is 38.7 Å². The highest BCUT2D eigenvalue weighted by Gasteiger charge is 2.28. The molecule has 0 aromatic heterocycles. The lowest BCUT2D eigenvalue weighted by Crippen LogP contribution is -2.54. The summed E-state index contributed by atoms with van der Waals surface area (Å²) in [4.78, 5) is 4.93. The molecule has 0 spiro atoms. The molecule has 0 aromatic rings. The Morgan fingerprint density at radius 2 is 2.17 bits per heavy atom. The molecule has 0 aromatic carbocycles. The third-order valence-electron chi connectivity index (χ3n) is 4.00. The fourth-order valence-electron chi connectivity index (χ4n) is 3.13. The Hall–Kier alpha value is -0.160. The maximum absolute atomic E-state index is 9.52. The molecule has 1 saturated heterocycles. The highest BCUT2D eigenvalue weighted by atomic mass is 16.3. The van der Waals surface area contributed by atoms with Crippen LogP contribution in [0.1, 0.15) is 33.6 Å². The van der Waals surface area contributed by atoms with Crippen LogP contribution >= 0.6 is 0 Å². The van der Waals surface area contributed by atoms with Crippen LogP contribution in [0, 0.1) is 0 Å². The Kier molecular flexibility index (Phi) is 6.57. The molecule has 1 aliphatic rings. The van der Waals surface area contributed by atoms with Gasteiger partial charge in [0.1, 0.15) is 0 Å². The Balaban J connectivity index is 2.42. The van der Waals surface area contributed by atoms with Crippen molar-refractivity contribution in [1.29, 1.82) is 0 Å². The van der Waals surface area contributed by atoms with Crippen molar-refractivity contribution >= 4 is 0 Å². The average Bonchev–Trinajstić information content (AvgIpc) is 2.76. The fraction of sp³-hybridized carbons (Fsp3) is 1.00. The number of rotatable bonds is 8. The molecule has 18 heavy (non-hydrogen) atoms. The molecular formula is C14H31N3O. The first-order valence-corrected chi connectivity index (χ1v) is 7.33. The Labute approximate surface area is 112 Å². The number of likely N-dealkylation sites (N-methyl/N-ethyl adjacent to an activating group) is 3. The Bertz CT molecular complexity index is 237. The second-order valence-electron chi connectivity index (χ2n) is 5.87. The minimum atomic E-state index is -0.181. The zero-order valence-electron chi connectivity index (χ0n) is 12.6. The van der Waals surface area contributed by atoms with E-state index in [0.717, 1.165) is 26.2 Å². The van der Waals surface area contributed by atoms with Gasteiger partial charge < -0.3 is 15.3 Å². The first-order chi connectivity index (χ1) is 8.54. The van der Waals surface area contributed by atoms with Gasteiger partial charge in [-0.1, -0.05) is 13.8 Å². The third kappa shape index (κ3) is 4.50. The Morgan fingerprint density at radius 3 is 2.72 bits per heavy atom. The average molecular weight is 257 g/mol. The minimum Gasteiger partial charge on any atom is -0.394 e. The number of nitrogens with zero attached hydrogens (tertiary/aromatic N) is 2. The molecule has 2 N–H and O–H groups in total. The molecule has 2 unspecified atom stereocenters. The van der Waals surface area contributed by atoms with E-state index in [1.165, 1.54) is 19.4 Å². The summed E-state index contributed by atoms with van der Waals surface area (Å²) in [7, 11) is 2.16. The molecule has 0 bridgehead atoms. The summed E-state index contributed by atoms with van der Waals surface area (Å²) in [6.45, 7) is 11.9. The van der Waals surface area contributed by atoms with Gasteiger partial charge in [-0.15, -0.1) is 0 Å². The van der Waals surface area contributed by atoms with Crippen LogP contribution < -0.4 is 5.32 Å². The van der Waals surface area contributed by atoms with Crippen molar-refractivity contribution in [1.82, 2.24) is 15.1 Å². The molecule has 108 valence electrons. The molecule has 1 aliphatic heterocycles. The lowest BCUT2D eigenvalue weighted by Gasteiger charge is -2.35. The smallest absolute Gasteiger partial charge is 0.0623 e. The van der Waals surface area contributed by atoms with Crippen LogP contribution in [0.2, 0.25) is 0 Å². The lowest BCUT2D eigenvalue weighted by molar-refractivity contribution is 0.117. The number of aliphatic hydroxyl groups is 1. The Morgan fingerprint density at radius 1 is 1.44 bits per heavy atom. The third-order valence-corrected chi connectivity index (χ3v) is 4.00. The molecule has 2 atom stereocenters. The quantitative estimate of drug-likeness (QED) is 0.673. The van der Waals surface area contributed by atoms with E-state index in [-0.39, 0.29) is 12.1 Å². The molecule has 1 rings (SSSR count). The molecule has 0 radical (unpaired) electrons. The van der Waals surface area contributed by atoms with Crippen LogP contribution in [-0.2, 0) is 0 Å². The van der Waals surface area contributed by atoms with E-state index < -0.39 is 0 Å². The molecule has 0 aliphatic carbocycles. The van der Waals surface area contributed by atoms with E-state index in [9.17, 15) is 5.11 Å². The van der Waals surface area contributed by atoms with E-state index in [1.807, 2.05) is 0 Å². The van der Waals surface area contributed by atoms with E-state index in [4.69, 9.17) is 0 Å². The van der Waals surface area contributed by atoms with Crippen LogP contribution in [0.5, 0.6) is 0 Å². The molecule has 4 nitrogen and oxygen atoms in total. The molecular weight excluding hydrogens is 226 g/mol. The summed E-state index contributed by atoms with van der Waals surface area (Å²) in [6.07, 6.45) is 2.64. The highest BCUT2D eigenvalue weighted by Crippen LogP contribution is 2.18. The maximum atomic E-state index is 9.52. The molecule has 1 fully saturated rings. The van der Waals surface area contributed by atoms with E-state index in [1.54, 1.807) is 0 Å². The first kappa shape index (κ1) is 15.9. The lowest BCUT2D eigenvalue weighted by atomic mass is 10.0. The standard InChI is InChI=1S/C14H31N3O/c1-5-15-14(3,12-18)11-16(4)10-13-8-7-9-17(13)6-2/h13,15,18H,5-12H2,1-4H3. The second kappa shape index (κ2) is 7.43. The van der Waals surface area contributed by atoms with Gasteiger partial charge >= 0.3 is 0 Å². The van der Waals surface area contributed by atoms with Crippen molar-refractivity contribution in [2.45, 2.75) is 45.2 Å². The number of aliphatic hydroxyl groups excluding tert-OH is 1. The van der Waals surface area contributed by atoms with Crippen molar-refractivity contribution in [2.75, 3.05) is 46.4 Å². The van der Waals surface area contributed by atoms with Crippen molar-refractivity contribution in [3.63, 3.8) is 0 Å². The normalized spacial score (nSPS) is 24.7. The summed E-state index contributed by atoms with van der Waals surface area (Å²) in [5, 5.41) is 12.9. The van der Waals surface area contributed by atoms with Gasteiger partial charge in [0.15, 0.2) is 0 Å². The summed E-state index contributed by atoms with van der Waals surface area (Å²) in [6, 6.07) is 0.699. The van der Waals surface area contributed by atoms with Gasteiger partial charge in [0, 0.05) is 19.1 Å². The number of hydrogen-bond donors (Lipinski definition) is 2. The largest absolute Gasteiger partial charge is 0.394 e. The minimum absolute atomic E-state index is 0.181. The van der Waals surface area contributed by atoms with E-state index >= 15 is 0 Å². The zero-order valence-corrected chi connectivity index (χ0v) is 12.6. The van der Waals surface area contributed by atoms with Gasteiger partial charge in [0.25, 0.3) is 0 Å². The molecule has 0 saturated carbocycles. The van der Waals surface area contributed by atoms with Crippen molar-refractivity contribution in [3.05, 3.63) is 0 Å². The van der Waals surface area contributed by atoms with Gasteiger partial charge in [0.05, 0.1) is 12.1 Å². The van der Waals surface area contributed by atoms with Gasteiger partial charge in [-0.05, 0) is 46.4 Å². The predicted octanol–water partition coefficient (Wildman–Crippen LogP) is 0.763. The van der Waals surface area contributed by atoms with E-state index in [0.29, 0.717) is 6.04 Å². The fourth-order valence-corrected chi connectivity index (χ4v) is 3.13. The number of likely N-dealkylation sites (tertiary alicyclic amines) is 1. The summed E-state index contributed by atoms with van der Waals surface area (Å²) in [5.41, 5.74) is -0.181. The monoisotopic (exact) mass is 257 g/mol. The van der Waals surface area contributed by atoms with Gasteiger partial charge in [-0.25, -0.2) is 0 Å². The van der Waals surface area contributed by atoms with Crippen LogP contribution in [0.25, 0.3) is 0 Å². The summed E-state index contributed by atoms with van der Waals surface area (Å²) in [5.74, 6) is 0. The summed E-state index contributed by atoms with van der Waals surface area (Å²) < 4.78 is 0. The predicted molar refractivity (Wildman–Crippen MR) is 76.9 cm³/mol. The van der Waals surface area contributed by atoms with E-state index in [2.05, 4.69) is 42.9 Å².